The summed E-state index contributed by atoms with van der Waals surface area (Å²) >= 11 is 0. The Morgan fingerprint density at radius 1 is 0.796 bits per heavy atom. The van der Waals surface area contributed by atoms with Crippen molar-refractivity contribution in [1.29, 1.82) is 0 Å². The standard InChI is InChI=1S/C36H56N8O10/c1-18(2)16-26(41-33(51)25(39-21(6)46)17-22-9-11-23(47)12-10-22)36(54)44-15-7-8-27(44)34(52)40-24(13-14-28(37)48)32(50)43-30(20(5)45)35(53)42-29(19(3)4)31(38)49/h9-12,18-20,24-27,29-30,45,47H,7-8,13-17H2,1-6H3,(H2,37,48)(H2,38,49)(H,39,46)(H,40,52)(H,41,51)(H,42,53)(H,43,50)/t20?,24-,25-,26-,27-,29-,30-/m0/s1. The first-order valence-corrected chi connectivity index (χ1v) is 18.0. The maximum Gasteiger partial charge on any atom is 0.245 e. The number of phenolic OH excluding ortho intramolecular Hbond substituents is 1. The van der Waals surface area contributed by atoms with Gasteiger partial charge in [-0.2, -0.15) is 0 Å². The van der Waals surface area contributed by atoms with Crippen molar-refractivity contribution >= 4 is 47.3 Å². The minimum absolute atomic E-state index is 0.0270. The van der Waals surface area contributed by atoms with Crippen molar-refractivity contribution in [3.8, 4) is 5.75 Å². The Bertz CT molecular complexity index is 1520. The van der Waals surface area contributed by atoms with Gasteiger partial charge in [-0.1, -0.05) is 39.8 Å². The van der Waals surface area contributed by atoms with Crippen LogP contribution in [0.4, 0.5) is 0 Å². The summed E-state index contributed by atoms with van der Waals surface area (Å²) in [5, 5.41) is 32.7. The van der Waals surface area contributed by atoms with E-state index < -0.39 is 95.5 Å². The molecule has 0 radical (unpaired) electrons. The van der Waals surface area contributed by atoms with Crippen molar-refractivity contribution in [2.45, 2.75) is 122 Å². The number of rotatable bonds is 20. The number of hydrogen-bond acceptors (Lipinski definition) is 10. The number of nitrogens with two attached hydrogens (primary N) is 2. The van der Waals surface area contributed by atoms with Crippen molar-refractivity contribution in [2.75, 3.05) is 6.54 Å². The summed E-state index contributed by atoms with van der Waals surface area (Å²) in [7, 11) is 0. The number of primary amides is 2. The molecule has 1 fully saturated rings. The fraction of sp³-hybridized carbons (Fsp3) is 0.611. The van der Waals surface area contributed by atoms with Crippen LogP contribution in [0.25, 0.3) is 0 Å². The number of aliphatic hydroxyl groups is 1. The minimum Gasteiger partial charge on any atom is -0.508 e. The first-order valence-electron chi connectivity index (χ1n) is 18.0. The molecule has 11 N–H and O–H groups in total. The number of aromatic hydroxyl groups is 1. The molecule has 1 heterocycles. The zero-order valence-corrected chi connectivity index (χ0v) is 31.7. The van der Waals surface area contributed by atoms with Crippen LogP contribution in [0.3, 0.4) is 0 Å². The van der Waals surface area contributed by atoms with Gasteiger partial charge < -0.3 is 53.2 Å². The summed E-state index contributed by atoms with van der Waals surface area (Å²) in [4.78, 5) is 105. The van der Waals surface area contributed by atoms with Crippen molar-refractivity contribution in [2.24, 2.45) is 23.3 Å². The fourth-order valence-corrected chi connectivity index (χ4v) is 6.08. The first-order chi connectivity index (χ1) is 25.2. The Kier molecular flexibility index (Phi) is 17.3. The van der Waals surface area contributed by atoms with Gasteiger partial charge in [0, 0.05) is 26.3 Å². The minimum atomic E-state index is -1.58. The van der Waals surface area contributed by atoms with Crippen LogP contribution >= 0.6 is 0 Å². The number of nitrogens with zero attached hydrogens (tertiary/aromatic N) is 1. The van der Waals surface area contributed by atoms with E-state index in [4.69, 9.17) is 11.5 Å². The normalized spacial score (nSPS) is 17.4. The highest BCUT2D eigenvalue weighted by atomic mass is 16.3. The van der Waals surface area contributed by atoms with Crippen LogP contribution < -0.4 is 38.1 Å². The molecule has 54 heavy (non-hydrogen) atoms. The number of likely N-dealkylation sites (tertiary alicyclic amines) is 1. The van der Waals surface area contributed by atoms with Gasteiger partial charge in [0.25, 0.3) is 0 Å². The predicted molar refractivity (Wildman–Crippen MR) is 195 cm³/mol. The Morgan fingerprint density at radius 3 is 1.91 bits per heavy atom. The van der Waals surface area contributed by atoms with E-state index >= 15 is 0 Å². The molecule has 0 spiro atoms. The maximum absolute atomic E-state index is 14.1. The third-order valence-corrected chi connectivity index (χ3v) is 8.88. The van der Waals surface area contributed by atoms with Crippen molar-refractivity contribution < 1.29 is 48.6 Å². The Morgan fingerprint density at radius 2 is 1.39 bits per heavy atom. The molecule has 1 aliphatic rings. The summed E-state index contributed by atoms with van der Waals surface area (Å²) < 4.78 is 0. The SMILES string of the molecule is CC(=O)N[C@@H](Cc1ccc(O)cc1)C(=O)N[C@@H](CC(C)C)C(=O)N1CCC[C@H]1C(=O)N[C@@H](CCC(N)=O)C(=O)N[C@H](C(=O)N[C@H](C(N)=O)C(C)C)C(C)O. The second-order valence-corrected chi connectivity index (χ2v) is 14.4. The second kappa shape index (κ2) is 20.8. The van der Waals surface area contributed by atoms with E-state index in [2.05, 4.69) is 26.6 Å². The molecular formula is C36H56N8O10. The van der Waals surface area contributed by atoms with Crippen LogP contribution in [0.2, 0.25) is 0 Å². The van der Waals surface area contributed by atoms with E-state index in [0.717, 1.165) is 0 Å². The van der Waals surface area contributed by atoms with E-state index in [1.54, 1.807) is 26.0 Å². The third kappa shape index (κ3) is 13.9. The number of aliphatic hydroxyl groups excluding tert-OH is 1. The van der Waals surface area contributed by atoms with E-state index in [9.17, 15) is 48.6 Å². The summed E-state index contributed by atoms with van der Waals surface area (Å²) in [6.07, 6.45) is -1.18. The zero-order chi connectivity index (χ0) is 40.9. The highest BCUT2D eigenvalue weighted by Crippen LogP contribution is 2.21. The van der Waals surface area contributed by atoms with Gasteiger partial charge in [-0.15, -0.1) is 0 Å². The lowest BCUT2D eigenvalue weighted by atomic mass is 10.00. The zero-order valence-electron chi connectivity index (χ0n) is 31.7. The monoisotopic (exact) mass is 760 g/mol. The van der Waals surface area contributed by atoms with Gasteiger partial charge >= 0.3 is 0 Å². The van der Waals surface area contributed by atoms with Crippen molar-refractivity contribution in [1.82, 2.24) is 31.5 Å². The number of nitrogens with one attached hydrogen (secondary N) is 5. The summed E-state index contributed by atoms with van der Waals surface area (Å²) in [6, 6.07) is -1.24. The molecule has 0 bridgehead atoms. The average Bonchev–Trinajstić information content (AvgIpc) is 3.57. The van der Waals surface area contributed by atoms with Gasteiger partial charge in [0.05, 0.1) is 6.10 Å². The third-order valence-electron chi connectivity index (χ3n) is 8.88. The molecule has 2 rings (SSSR count). The van der Waals surface area contributed by atoms with E-state index in [0.29, 0.717) is 12.0 Å². The number of carbonyl (C=O) groups excluding carboxylic acids is 8. The summed E-state index contributed by atoms with van der Waals surface area (Å²) in [6.45, 7) is 9.62. The quantitative estimate of drug-likeness (QED) is 0.0719. The Balaban J connectivity index is 2.29. The molecule has 0 aliphatic carbocycles. The Labute approximate surface area is 314 Å². The number of amides is 8. The molecule has 7 atom stereocenters. The second-order valence-electron chi connectivity index (χ2n) is 14.4. The number of benzene rings is 1. The average molecular weight is 761 g/mol. The highest BCUT2D eigenvalue weighted by Gasteiger charge is 2.40. The lowest BCUT2D eigenvalue weighted by Crippen LogP contribution is -2.61. The molecule has 1 unspecified atom stereocenters. The first kappa shape index (κ1) is 44.9. The molecular weight excluding hydrogens is 704 g/mol. The lowest BCUT2D eigenvalue weighted by molar-refractivity contribution is -0.143. The van der Waals surface area contributed by atoms with E-state index in [1.165, 1.54) is 30.9 Å². The van der Waals surface area contributed by atoms with Gasteiger partial charge in [0.2, 0.25) is 47.3 Å². The molecule has 18 nitrogen and oxygen atoms in total. The molecule has 1 aromatic carbocycles. The number of hydrogen-bond donors (Lipinski definition) is 9. The van der Waals surface area contributed by atoms with Crippen LogP contribution in [0.5, 0.6) is 5.75 Å². The van der Waals surface area contributed by atoms with E-state index in [1.807, 2.05) is 13.8 Å². The molecule has 1 aromatic rings. The molecule has 0 aromatic heterocycles. The van der Waals surface area contributed by atoms with Gasteiger partial charge in [0.1, 0.15) is 42.0 Å². The largest absolute Gasteiger partial charge is 0.508 e. The smallest absolute Gasteiger partial charge is 0.245 e. The molecule has 1 saturated heterocycles. The van der Waals surface area contributed by atoms with Gasteiger partial charge in [0.15, 0.2) is 0 Å². The van der Waals surface area contributed by atoms with Gasteiger partial charge in [-0.25, -0.2) is 0 Å². The van der Waals surface area contributed by atoms with Gasteiger partial charge in [-0.05, 0) is 62.1 Å². The highest BCUT2D eigenvalue weighted by molar-refractivity contribution is 5.97. The summed E-state index contributed by atoms with van der Waals surface area (Å²) in [5.41, 5.74) is 11.4. The van der Waals surface area contributed by atoms with Crippen LogP contribution in [0, 0.1) is 11.8 Å². The molecule has 18 heteroatoms. The molecule has 300 valence electrons. The molecule has 1 aliphatic heterocycles. The van der Waals surface area contributed by atoms with Crippen LogP contribution in [-0.2, 0) is 44.8 Å². The topological polar surface area (TPSA) is 292 Å². The Hall–Kier alpha value is -5.26. The van der Waals surface area contributed by atoms with Gasteiger partial charge in [-0.3, -0.25) is 38.4 Å². The lowest BCUT2D eigenvalue weighted by Gasteiger charge is -2.31. The van der Waals surface area contributed by atoms with E-state index in [-0.39, 0.29) is 50.3 Å². The maximum atomic E-state index is 14.1. The number of phenols is 1. The fourth-order valence-electron chi connectivity index (χ4n) is 6.08. The molecule has 0 saturated carbocycles. The van der Waals surface area contributed by atoms with Crippen molar-refractivity contribution in [3.05, 3.63) is 29.8 Å². The summed E-state index contributed by atoms with van der Waals surface area (Å²) in [5.74, 6) is -6.32. The number of carbonyl (C=O) groups is 8. The molecule has 8 amide bonds. The predicted octanol–water partition coefficient (Wildman–Crippen LogP) is -1.80. The van der Waals surface area contributed by atoms with Crippen LogP contribution in [0.15, 0.2) is 24.3 Å². The van der Waals surface area contributed by atoms with Crippen LogP contribution in [-0.4, -0.2) is 111 Å². The van der Waals surface area contributed by atoms with Crippen LogP contribution in [0.1, 0.15) is 79.2 Å². The van der Waals surface area contributed by atoms with Crippen molar-refractivity contribution in [3.63, 3.8) is 0 Å².